The van der Waals surface area contributed by atoms with E-state index in [9.17, 15) is 14.4 Å². The lowest BCUT2D eigenvalue weighted by molar-refractivity contribution is -0.167. The molecule has 0 amide bonds. The van der Waals surface area contributed by atoms with Gasteiger partial charge in [-0.2, -0.15) is 0 Å². The molecule has 0 spiro atoms. The molecule has 0 aromatic carbocycles. The Morgan fingerprint density at radius 3 is 0.855 bits per heavy atom. The number of ether oxygens (including phenoxy) is 3. The molecule has 0 saturated carbocycles. The van der Waals surface area contributed by atoms with Crippen molar-refractivity contribution in [1.82, 2.24) is 0 Å². The molecule has 76 heavy (non-hydrogen) atoms. The zero-order valence-corrected chi connectivity index (χ0v) is 49.0. The van der Waals surface area contributed by atoms with Gasteiger partial charge in [0.25, 0.3) is 0 Å². The number of allylic oxidation sites excluding steroid dienone is 24. The van der Waals surface area contributed by atoms with Crippen LogP contribution in [-0.4, -0.2) is 37.2 Å². The molecule has 0 N–H and O–H groups in total. The highest BCUT2D eigenvalue weighted by Crippen LogP contribution is 2.13. The SMILES string of the molecule is CC/C=C\C/C=C\C/C=C\C/C=C\C/C=C\C/C=C\C/C=C\C/C=C\CCCCCCC(=O)OCC(COC(=O)CCCCCCC/C=C\C/C=C\CCC)OC(=O)CCCCCCC/C=C\C/C=C\CCCCCC. The third-order valence-corrected chi connectivity index (χ3v) is 12.5. The van der Waals surface area contributed by atoms with Crippen LogP contribution >= 0.6 is 0 Å². The second kappa shape index (κ2) is 62.8. The number of carbonyl (C=O) groups is 3. The Hall–Kier alpha value is -4.71. The summed E-state index contributed by atoms with van der Waals surface area (Å²) in [5.41, 5.74) is 0. The molecule has 0 bridgehead atoms. The lowest BCUT2D eigenvalue weighted by Crippen LogP contribution is -2.30. The van der Waals surface area contributed by atoms with E-state index in [0.717, 1.165) is 180 Å². The van der Waals surface area contributed by atoms with Gasteiger partial charge in [-0.05, 0) is 141 Å². The van der Waals surface area contributed by atoms with Crippen LogP contribution in [0.25, 0.3) is 0 Å². The fraction of sp³-hybridized carbons (Fsp3) is 0.614. The minimum Gasteiger partial charge on any atom is -0.462 e. The Morgan fingerprint density at radius 1 is 0.276 bits per heavy atom. The first kappa shape index (κ1) is 71.3. The monoisotopic (exact) mass is 1050 g/mol. The Kier molecular flexibility index (Phi) is 58.9. The van der Waals surface area contributed by atoms with Crippen LogP contribution in [0.2, 0.25) is 0 Å². The molecule has 0 aromatic rings. The first-order chi connectivity index (χ1) is 37.5. The van der Waals surface area contributed by atoms with E-state index in [0.29, 0.717) is 19.3 Å². The molecule has 0 saturated heterocycles. The van der Waals surface area contributed by atoms with Gasteiger partial charge in [-0.25, -0.2) is 0 Å². The van der Waals surface area contributed by atoms with E-state index in [-0.39, 0.29) is 31.1 Å². The van der Waals surface area contributed by atoms with Crippen LogP contribution in [0.5, 0.6) is 0 Å². The van der Waals surface area contributed by atoms with Gasteiger partial charge < -0.3 is 14.2 Å². The number of hydrogen-bond donors (Lipinski definition) is 0. The van der Waals surface area contributed by atoms with E-state index in [1.165, 1.54) is 38.5 Å². The number of carbonyl (C=O) groups excluding carboxylic acids is 3. The summed E-state index contributed by atoms with van der Waals surface area (Å²) in [6, 6.07) is 0. The topological polar surface area (TPSA) is 78.9 Å². The molecule has 0 aliphatic carbocycles. The summed E-state index contributed by atoms with van der Waals surface area (Å²) in [5, 5.41) is 0. The quantitative estimate of drug-likeness (QED) is 0.0261. The summed E-state index contributed by atoms with van der Waals surface area (Å²) >= 11 is 0. The van der Waals surface area contributed by atoms with Gasteiger partial charge in [0, 0.05) is 19.3 Å². The number of unbranched alkanes of at least 4 members (excludes halogenated alkanes) is 19. The van der Waals surface area contributed by atoms with Crippen LogP contribution in [0.3, 0.4) is 0 Å². The molecule has 6 nitrogen and oxygen atoms in total. The largest absolute Gasteiger partial charge is 0.462 e. The van der Waals surface area contributed by atoms with Crippen molar-refractivity contribution in [2.75, 3.05) is 13.2 Å². The average Bonchev–Trinajstić information content (AvgIpc) is 3.42. The van der Waals surface area contributed by atoms with Gasteiger partial charge in [0.1, 0.15) is 13.2 Å². The first-order valence-corrected chi connectivity index (χ1v) is 30.8. The van der Waals surface area contributed by atoms with E-state index >= 15 is 0 Å². The Labute approximate surface area is 467 Å². The van der Waals surface area contributed by atoms with E-state index in [4.69, 9.17) is 14.2 Å². The van der Waals surface area contributed by atoms with Crippen LogP contribution < -0.4 is 0 Å². The summed E-state index contributed by atoms with van der Waals surface area (Å²) in [6.07, 6.45) is 89.8. The molecule has 0 fully saturated rings. The van der Waals surface area contributed by atoms with Crippen molar-refractivity contribution in [2.45, 2.75) is 264 Å². The smallest absolute Gasteiger partial charge is 0.306 e. The predicted octanol–water partition coefficient (Wildman–Crippen LogP) is 21.2. The lowest BCUT2D eigenvalue weighted by Gasteiger charge is -2.18. The fourth-order valence-corrected chi connectivity index (χ4v) is 7.94. The molecular formula is C70H112O6. The molecule has 6 heteroatoms. The maximum Gasteiger partial charge on any atom is 0.306 e. The summed E-state index contributed by atoms with van der Waals surface area (Å²) in [5.74, 6) is -0.961. The van der Waals surface area contributed by atoms with Gasteiger partial charge in [0.2, 0.25) is 0 Å². The predicted molar refractivity (Wildman–Crippen MR) is 329 cm³/mol. The van der Waals surface area contributed by atoms with Crippen LogP contribution in [0.15, 0.2) is 146 Å². The molecular weight excluding hydrogens is 937 g/mol. The van der Waals surface area contributed by atoms with Crippen LogP contribution in [0.4, 0.5) is 0 Å². The highest BCUT2D eigenvalue weighted by atomic mass is 16.6. The number of hydrogen-bond acceptors (Lipinski definition) is 6. The van der Waals surface area contributed by atoms with Crippen molar-refractivity contribution in [2.24, 2.45) is 0 Å². The van der Waals surface area contributed by atoms with E-state index in [1.807, 2.05) is 0 Å². The highest BCUT2D eigenvalue weighted by Gasteiger charge is 2.19. The second-order valence-electron chi connectivity index (χ2n) is 19.9. The fourth-order valence-electron chi connectivity index (χ4n) is 7.94. The molecule has 0 radical (unpaired) electrons. The zero-order chi connectivity index (χ0) is 55.0. The van der Waals surface area contributed by atoms with Crippen LogP contribution in [0.1, 0.15) is 258 Å². The summed E-state index contributed by atoms with van der Waals surface area (Å²) in [6.45, 7) is 6.39. The summed E-state index contributed by atoms with van der Waals surface area (Å²) in [4.78, 5) is 38.2. The second-order valence-corrected chi connectivity index (χ2v) is 19.9. The van der Waals surface area contributed by atoms with Crippen molar-refractivity contribution in [3.05, 3.63) is 146 Å². The molecule has 0 aliphatic heterocycles. The van der Waals surface area contributed by atoms with E-state index in [2.05, 4.69) is 167 Å². The van der Waals surface area contributed by atoms with Crippen molar-refractivity contribution in [3.8, 4) is 0 Å². The van der Waals surface area contributed by atoms with Gasteiger partial charge in [0.05, 0.1) is 0 Å². The average molecular weight is 1050 g/mol. The third kappa shape index (κ3) is 60.2. The lowest BCUT2D eigenvalue weighted by atomic mass is 10.1. The normalized spacial score (nSPS) is 13.1. The first-order valence-electron chi connectivity index (χ1n) is 30.8. The molecule has 0 aromatic heterocycles. The van der Waals surface area contributed by atoms with E-state index < -0.39 is 6.10 Å². The number of esters is 3. The maximum atomic E-state index is 12.9. The minimum absolute atomic E-state index is 0.104. The molecule has 0 aliphatic rings. The van der Waals surface area contributed by atoms with Crippen molar-refractivity contribution < 1.29 is 28.6 Å². The van der Waals surface area contributed by atoms with Gasteiger partial charge >= 0.3 is 17.9 Å². The summed E-state index contributed by atoms with van der Waals surface area (Å²) in [7, 11) is 0. The standard InChI is InChI=1S/C70H112O6/c1-4-7-10-13-16-19-22-25-27-29-30-31-32-33-34-35-36-37-38-39-40-41-43-45-48-51-54-57-60-63-69(72)75-66-67(65-74-68(71)62-59-56-53-50-47-44-24-21-18-15-12-9-6-3)76-70(73)64-61-58-55-52-49-46-42-28-26-23-20-17-14-11-8-5-2/h7,10,12,15-16,19-21,23-25,27-28,30-31,33-34,36-37,39-40,42-43,45,67H,4-6,8-9,11,13-14,17-18,22,26,29,32,35,38,41,44,46-66H2,1-3H3/b10-7-,15-12-,19-16-,23-20-,24-21-,27-25-,31-30-,34-33-,37-36-,40-39-,42-28-,45-43-. The van der Waals surface area contributed by atoms with Gasteiger partial charge in [-0.3, -0.25) is 14.4 Å². The number of rotatable bonds is 54. The van der Waals surface area contributed by atoms with Crippen molar-refractivity contribution >= 4 is 17.9 Å². The van der Waals surface area contributed by atoms with Gasteiger partial charge in [-0.1, -0.05) is 244 Å². The minimum atomic E-state index is -0.809. The molecule has 0 rings (SSSR count). The van der Waals surface area contributed by atoms with Crippen LogP contribution in [-0.2, 0) is 28.6 Å². The zero-order valence-electron chi connectivity index (χ0n) is 49.0. The summed E-state index contributed by atoms with van der Waals surface area (Å²) < 4.78 is 16.8. The van der Waals surface area contributed by atoms with Crippen molar-refractivity contribution in [3.63, 3.8) is 0 Å². The third-order valence-electron chi connectivity index (χ3n) is 12.5. The molecule has 0 heterocycles. The van der Waals surface area contributed by atoms with Crippen molar-refractivity contribution in [1.29, 1.82) is 0 Å². The molecule has 1 unspecified atom stereocenters. The van der Waals surface area contributed by atoms with Gasteiger partial charge in [0.15, 0.2) is 6.10 Å². The molecule has 1 atom stereocenters. The van der Waals surface area contributed by atoms with Gasteiger partial charge in [-0.15, -0.1) is 0 Å². The molecule has 428 valence electrons. The highest BCUT2D eigenvalue weighted by molar-refractivity contribution is 5.71. The Morgan fingerprint density at radius 2 is 0.539 bits per heavy atom. The maximum absolute atomic E-state index is 12.9. The Balaban J connectivity index is 4.42. The van der Waals surface area contributed by atoms with Crippen LogP contribution in [0, 0.1) is 0 Å². The van der Waals surface area contributed by atoms with E-state index in [1.54, 1.807) is 0 Å². The Bertz CT molecular complexity index is 1680.